The maximum absolute atomic E-state index is 12.3. The highest BCUT2D eigenvalue weighted by atomic mass is 79.9. The monoisotopic (exact) mass is 293 g/mol. The second-order valence-electron chi connectivity index (χ2n) is 4.51. The minimum atomic E-state index is 0.153. The van der Waals surface area contributed by atoms with E-state index in [0.29, 0.717) is 6.54 Å². The Morgan fingerprint density at radius 3 is 2.82 bits per heavy atom. The number of allylic oxidation sites excluding steroid dienone is 1. The molecule has 0 spiro atoms. The zero-order valence-electron chi connectivity index (χ0n) is 10.4. The number of hydrogen-bond donors (Lipinski definition) is 0. The van der Waals surface area contributed by atoms with Gasteiger partial charge in [0, 0.05) is 23.1 Å². The Morgan fingerprint density at radius 2 is 2.24 bits per heavy atom. The Balaban J connectivity index is 2.36. The molecule has 1 aliphatic heterocycles. The second-order valence-corrected chi connectivity index (χ2v) is 5.37. The van der Waals surface area contributed by atoms with Crippen LogP contribution in [0.4, 0.5) is 0 Å². The largest absolute Gasteiger partial charge is 0.330 e. The molecule has 0 radical (unpaired) electrons. The summed E-state index contributed by atoms with van der Waals surface area (Å²) in [7, 11) is 0. The maximum Gasteiger partial charge on any atom is 0.255 e. The molecule has 1 aromatic carbocycles. The normalized spacial score (nSPS) is 15.4. The first-order valence-corrected chi connectivity index (χ1v) is 6.53. The molecule has 3 heteroatoms. The number of benzene rings is 1. The molecule has 0 aliphatic carbocycles. The van der Waals surface area contributed by atoms with Crippen molar-refractivity contribution >= 4 is 21.8 Å². The summed E-state index contributed by atoms with van der Waals surface area (Å²) >= 11 is 3.53. The minimum absolute atomic E-state index is 0.153. The van der Waals surface area contributed by atoms with Gasteiger partial charge < -0.3 is 4.90 Å². The van der Waals surface area contributed by atoms with Crippen LogP contribution in [0, 0.1) is 6.92 Å². The first kappa shape index (κ1) is 12.4. The fourth-order valence-corrected chi connectivity index (χ4v) is 2.59. The summed E-state index contributed by atoms with van der Waals surface area (Å²) < 4.78 is 1.03. The smallest absolute Gasteiger partial charge is 0.255 e. The van der Waals surface area contributed by atoms with Gasteiger partial charge in [0.25, 0.3) is 5.91 Å². The molecule has 2 rings (SSSR count). The van der Waals surface area contributed by atoms with Gasteiger partial charge in [-0.25, -0.2) is 0 Å². The van der Waals surface area contributed by atoms with E-state index in [2.05, 4.69) is 28.9 Å². The van der Waals surface area contributed by atoms with Crippen LogP contribution in [0.3, 0.4) is 0 Å². The van der Waals surface area contributed by atoms with Crippen molar-refractivity contribution in [1.29, 1.82) is 0 Å². The van der Waals surface area contributed by atoms with Crippen LogP contribution in [-0.2, 0) is 6.54 Å². The molecule has 1 amide bonds. The van der Waals surface area contributed by atoms with E-state index < -0.39 is 0 Å². The highest BCUT2D eigenvalue weighted by Gasteiger charge is 2.30. The molecule has 0 N–H and O–H groups in total. The number of aryl methyl sites for hydroxylation is 1. The van der Waals surface area contributed by atoms with Crippen molar-refractivity contribution in [2.45, 2.75) is 27.3 Å². The fraction of sp³-hybridized carbons (Fsp3) is 0.357. The summed E-state index contributed by atoms with van der Waals surface area (Å²) in [5, 5.41) is 0. The highest BCUT2D eigenvalue weighted by Crippen LogP contribution is 2.32. The van der Waals surface area contributed by atoms with Crippen molar-refractivity contribution < 1.29 is 4.79 Å². The Labute approximate surface area is 110 Å². The van der Waals surface area contributed by atoms with Gasteiger partial charge in [-0.2, -0.15) is 0 Å². The van der Waals surface area contributed by atoms with Crippen LogP contribution in [-0.4, -0.2) is 17.4 Å². The van der Waals surface area contributed by atoms with Crippen molar-refractivity contribution in [3.05, 3.63) is 44.9 Å². The van der Waals surface area contributed by atoms with Gasteiger partial charge in [0.2, 0.25) is 0 Å². The van der Waals surface area contributed by atoms with Crippen molar-refractivity contribution in [2.75, 3.05) is 6.54 Å². The van der Waals surface area contributed by atoms with Crippen molar-refractivity contribution in [3.63, 3.8) is 0 Å². The molecule has 1 aromatic rings. The summed E-state index contributed by atoms with van der Waals surface area (Å²) in [6, 6.07) is 4.01. The van der Waals surface area contributed by atoms with Gasteiger partial charge in [-0.15, -0.1) is 0 Å². The third-order valence-electron chi connectivity index (χ3n) is 3.25. The number of rotatable bonds is 2. The number of carbonyl (C=O) groups is 1. The summed E-state index contributed by atoms with van der Waals surface area (Å²) in [6.07, 6.45) is 2.05. The molecule has 2 nitrogen and oxygen atoms in total. The summed E-state index contributed by atoms with van der Waals surface area (Å²) in [5.41, 5.74) is 4.29. The lowest BCUT2D eigenvalue weighted by molar-refractivity contribution is 0.0792. The molecule has 0 unspecified atom stereocenters. The first-order chi connectivity index (χ1) is 8.04. The van der Waals surface area contributed by atoms with Crippen LogP contribution in [0.1, 0.15) is 35.3 Å². The SMILES string of the molecule is C/C=C(\C)CN1Cc2c(Br)ccc(C)c2C1=O. The van der Waals surface area contributed by atoms with Crippen molar-refractivity contribution in [3.8, 4) is 0 Å². The maximum atomic E-state index is 12.3. The van der Waals surface area contributed by atoms with Gasteiger partial charge >= 0.3 is 0 Å². The third-order valence-corrected chi connectivity index (χ3v) is 3.99. The lowest BCUT2D eigenvalue weighted by atomic mass is 10.0. The molecule has 1 aliphatic rings. The Morgan fingerprint density at radius 1 is 1.53 bits per heavy atom. The Bertz CT molecular complexity index is 505. The summed E-state index contributed by atoms with van der Waals surface area (Å²) in [4.78, 5) is 14.2. The summed E-state index contributed by atoms with van der Waals surface area (Å²) in [6.45, 7) is 7.48. The fourth-order valence-electron chi connectivity index (χ4n) is 2.13. The number of fused-ring (bicyclic) bond motifs is 1. The van der Waals surface area contributed by atoms with Gasteiger partial charge in [0.1, 0.15) is 0 Å². The van der Waals surface area contributed by atoms with E-state index in [9.17, 15) is 4.79 Å². The summed E-state index contributed by atoms with van der Waals surface area (Å²) in [5.74, 6) is 0.153. The molecule has 0 bridgehead atoms. The minimum Gasteiger partial charge on any atom is -0.330 e. The van der Waals surface area contributed by atoms with Crippen molar-refractivity contribution in [2.24, 2.45) is 0 Å². The molecule has 0 atom stereocenters. The molecule has 0 aromatic heterocycles. The number of amides is 1. The molecule has 0 saturated heterocycles. The van der Waals surface area contributed by atoms with E-state index in [0.717, 1.165) is 27.7 Å². The molecule has 0 fully saturated rings. The van der Waals surface area contributed by atoms with E-state index in [4.69, 9.17) is 0 Å². The van der Waals surface area contributed by atoms with Gasteiger partial charge in [-0.1, -0.05) is 33.6 Å². The first-order valence-electron chi connectivity index (χ1n) is 5.73. The Kier molecular flexibility index (Phi) is 3.38. The van der Waals surface area contributed by atoms with Gasteiger partial charge in [-0.3, -0.25) is 4.79 Å². The molecular weight excluding hydrogens is 278 g/mol. The molecular formula is C14H16BrNO. The van der Waals surface area contributed by atoms with Crippen molar-refractivity contribution in [1.82, 2.24) is 4.90 Å². The van der Waals surface area contributed by atoms with E-state index in [1.807, 2.05) is 30.9 Å². The number of halogens is 1. The number of carbonyl (C=O) groups excluding carboxylic acids is 1. The predicted molar refractivity (Wildman–Crippen MR) is 73.1 cm³/mol. The Hall–Kier alpha value is -1.09. The van der Waals surface area contributed by atoms with Gasteiger partial charge in [0.05, 0.1) is 0 Å². The van der Waals surface area contributed by atoms with Crippen LogP contribution in [0.15, 0.2) is 28.3 Å². The second kappa shape index (κ2) is 4.65. The molecule has 17 heavy (non-hydrogen) atoms. The van der Waals surface area contributed by atoms with Crippen LogP contribution in [0.2, 0.25) is 0 Å². The van der Waals surface area contributed by atoms with Crippen LogP contribution >= 0.6 is 15.9 Å². The highest BCUT2D eigenvalue weighted by molar-refractivity contribution is 9.10. The van der Waals surface area contributed by atoms with Crippen LogP contribution < -0.4 is 0 Å². The standard InChI is InChI=1S/C14H16BrNO/c1-4-9(2)7-16-8-11-12(15)6-5-10(3)13(11)14(16)17/h4-6H,7-8H2,1-3H3/b9-4+. The number of nitrogens with zero attached hydrogens (tertiary/aromatic N) is 1. The van der Waals surface area contributed by atoms with E-state index >= 15 is 0 Å². The quantitative estimate of drug-likeness (QED) is 0.762. The van der Waals surface area contributed by atoms with E-state index in [-0.39, 0.29) is 5.91 Å². The third kappa shape index (κ3) is 2.16. The lowest BCUT2D eigenvalue weighted by Gasteiger charge is -2.15. The van der Waals surface area contributed by atoms with Crippen LogP contribution in [0.5, 0.6) is 0 Å². The molecule has 90 valence electrons. The number of hydrogen-bond acceptors (Lipinski definition) is 1. The van der Waals surface area contributed by atoms with Gasteiger partial charge in [-0.05, 0) is 38.0 Å². The van der Waals surface area contributed by atoms with E-state index in [1.54, 1.807) is 0 Å². The predicted octanol–water partition coefficient (Wildman–Crippen LogP) is 3.68. The zero-order chi connectivity index (χ0) is 12.6. The lowest BCUT2D eigenvalue weighted by Crippen LogP contribution is -2.25. The van der Waals surface area contributed by atoms with Gasteiger partial charge in [0.15, 0.2) is 0 Å². The molecule has 1 heterocycles. The van der Waals surface area contributed by atoms with Crippen LogP contribution in [0.25, 0.3) is 0 Å². The molecule has 0 saturated carbocycles. The average molecular weight is 294 g/mol. The topological polar surface area (TPSA) is 20.3 Å². The zero-order valence-corrected chi connectivity index (χ0v) is 12.0. The average Bonchev–Trinajstić information content (AvgIpc) is 2.63. The van der Waals surface area contributed by atoms with E-state index in [1.165, 1.54) is 5.57 Å².